The number of nitrogens with one attached hydrogen (secondary N) is 4. The summed E-state index contributed by atoms with van der Waals surface area (Å²) in [5, 5.41) is 9.27. The van der Waals surface area contributed by atoms with Crippen molar-refractivity contribution in [1.82, 2.24) is 10.3 Å². The van der Waals surface area contributed by atoms with Crippen LogP contribution in [0.3, 0.4) is 0 Å². The van der Waals surface area contributed by atoms with E-state index in [0.29, 0.717) is 16.9 Å². The van der Waals surface area contributed by atoms with Gasteiger partial charge in [-0.3, -0.25) is 14.4 Å². The molecule has 42 heavy (non-hydrogen) atoms. The highest BCUT2D eigenvalue weighted by molar-refractivity contribution is 9.10. The third-order valence-electron chi connectivity index (χ3n) is 6.29. The molecule has 1 aromatic heterocycles. The number of amides is 3. The van der Waals surface area contributed by atoms with E-state index in [1.54, 1.807) is 42.5 Å². The molecule has 0 aliphatic rings. The monoisotopic (exact) mass is 638 g/mol. The van der Waals surface area contributed by atoms with Gasteiger partial charge in [-0.1, -0.05) is 58.4 Å². The first kappa shape index (κ1) is 28.9. The smallest absolute Gasteiger partial charge is 0.272 e. The van der Waals surface area contributed by atoms with Gasteiger partial charge in [0, 0.05) is 38.0 Å². The fraction of sp³-hybridized carbons (Fsp3) is 0.0606. The standard InChI is InChI=1S/C33H27BrN4O3S/c1-21(31(39)36-27-14-13-23-15-16-35-29(23)20-27)42-28-12-6-11-26(19-28)37-33(41)30(18-22-7-5-10-25(34)17-22)38-32(40)24-8-3-2-4-9-24/h2-21,35H,1H3,(H,36,39)(H,37,41)(H,38,40)/b30-18+. The van der Waals surface area contributed by atoms with Crippen molar-refractivity contribution in [3.8, 4) is 0 Å². The molecule has 1 unspecified atom stereocenters. The summed E-state index contributed by atoms with van der Waals surface area (Å²) in [4.78, 5) is 43.2. The summed E-state index contributed by atoms with van der Waals surface area (Å²) in [6.45, 7) is 1.83. The van der Waals surface area contributed by atoms with Crippen molar-refractivity contribution in [3.05, 3.63) is 131 Å². The fourth-order valence-electron chi connectivity index (χ4n) is 4.18. The van der Waals surface area contributed by atoms with Crippen LogP contribution in [0.15, 0.2) is 124 Å². The molecule has 0 spiro atoms. The van der Waals surface area contributed by atoms with Crippen molar-refractivity contribution >= 4 is 73.8 Å². The van der Waals surface area contributed by atoms with Crippen LogP contribution in [0.4, 0.5) is 11.4 Å². The third kappa shape index (κ3) is 7.57. The molecule has 7 nitrogen and oxygen atoms in total. The number of benzene rings is 4. The van der Waals surface area contributed by atoms with Gasteiger partial charge in [0.25, 0.3) is 11.8 Å². The number of rotatable bonds is 9. The number of carbonyl (C=O) groups is 3. The van der Waals surface area contributed by atoms with Gasteiger partial charge < -0.3 is 20.9 Å². The number of H-pyrrole nitrogens is 1. The zero-order chi connectivity index (χ0) is 29.5. The van der Waals surface area contributed by atoms with E-state index < -0.39 is 17.1 Å². The lowest BCUT2D eigenvalue weighted by Crippen LogP contribution is -2.30. The lowest BCUT2D eigenvalue weighted by molar-refractivity contribution is -0.115. The molecule has 1 heterocycles. The minimum Gasteiger partial charge on any atom is -0.361 e. The molecule has 9 heteroatoms. The molecule has 0 radical (unpaired) electrons. The Morgan fingerprint density at radius 1 is 0.833 bits per heavy atom. The quantitative estimate of drug-likeness (QED) is 0.0994. The summed E-state index contributed by atoms with van der Waals surface area (Å²) < 4.78 is 0.845. The van der Waals surface area contributed by atoms with Crippen LogP contribution in [0.25, 0.3) is 17.0 Å². The van der Waals surface area contributed by atoms with E-state index in [0.717, 1.165) is 25.8 Å². The summed E-state index contributed by atoms with van der Waals surface area (Å²) in [5.74, 6) is -1.01. The molecule has 3 amide bonds. The Bertz CT molecular complexity index is 1780. The highest BCUT2D eigenvalue weighted by atomic mass is 79.9. The summed E-state index contributed by atoms with van der Waals surface area (Å²) in [6, 6.07) is 31.1. The van der Waals surface area contributed by atoms with Gasteiger partial charge in [-0.2, -0.15) is 0 Å². The summed E-state index contributed by atoms with van der Waals surface area (Å²) >= 11 is 4.82. The Labute approximate surface area is 255 Å². The second kappa shape index (κ2) is 13.4. The van der Waals surface area contributed by atoms with E-state index in [1.807, 2.05) is 79.9 Å². The molecule has 0 saturated carbocycles. The van der Waals surface area contributed by atoms with E-state index in [9.17, 15) is 14.4 Å². The van der Waals surface area contributed by atoms with E-state index in [2.05, 4.69) is 36.9 Å². The number of aromatic amines is 1. The maximum absolute atomic E-state index is 13.4. The SMILES string of the molecule is CC(Sc1cccc(NC(=O)/C(=C\c2cccc(Br)c2)NC(=O)c2ccccc2)c1)C(=O)Nc1ccc2cc[nH]c2c1. The van der Waals surface area contributed by atoms with Gasteiger partial charge >= 0.3 is 0 Å². The molecule has 5 rings (SSSR count). The predicted molar refractivity (Wildman–Crippen MR) is 173 cm³/mol. The first-order valence-corrected chi connectivity index (χ1v) is 14.8. The molecule has 4 aromatic carbocycles. The van der Waals surface area contributed by atoms with Crippen LogP contribution in [0, 0.1) is 0 Å². The van der Waals surface area contributed by atoms with Gasteiger partial charge in [-0.15, -0.1) is 11.8 Å². The third-order valence-corrected chi connectivity index (χ3v) is 7.87. The Morgan fingerprint density at radius 2 is 1.62 bits per heavy atom. The van der Waals surface area contributed by atoms with E-state index in [-0.39, 0.29) is 11.6 Å². The molecule has 0 aliphatic heterocycles. The van der Waals surface area contributed by atoms with Crippen molar-refractivity contribution in [2.75, 3.05) is 10.6 Å². The fourth-order valence-corrected chi connectivity index (χ4v) is 5.52. The van der Waals surface area contributed by atoms with Crippen LogP contribution < -0.4 is 16.0 Å². The first-order chi connectivity index (χ1) is 20.3. The average Bonchev–Trinajstić information content (AvgIpc) is 3.45. The molecule has 0 fully saturated rings. The van der Waals surface area contributed by atoms with Crippen molar-refractivity contribution in [2.45, 2.75) is 17.1 Å². The van der Waals surface area contributed by atoms with Crippen molar-refractivity contribution < 1.29 is 14.4 Å². The minimum atomic E-state index is -0.480. The van der Waals surface area contributed by atoms with Crippen LogP contribution >= 0.6 is 27.7 Å². The van der Waals surface area contributed by atoms with Crippen LogP contribution in [0.1, 0.15) is 22.8 Å². The van der Waals surface area contributed by atoms with Crippen molar-refractivity contribution in [3.63, 3.8) is 0 Å². The topological polar surface area (TPSA) is 103 Å². The molecule has 0 bridgehead atoms. The molecule has 4 N–H and O–H groups in total. The second-order valence-corrected chi connectivity index (χ2v) is 11.8. The van der Waals surface area contributed by atoms with Crippen molar-refractivity contribution in [2.24, 2.45) is 0 Å². The lowest BCUT2D eigenvalue weighted by Gasteiger charge is -2.14. The van der Waals surface area contributed by atoms with Crippen molar-refractivity contribution in [1.29, 1.82) is 0 Å². The highest BCUT2D eigenvalue weighted by Crippen LogP contribution is 2.27. The minimum absolute atomic E-state index is 0.0896. The second-order valence-electron chi connectivity index (χ2n) is 9.44. The molecular formula is C33H27BrN4O3S. The number of anilines is 2. The van der Waals surface area contributed by atoms with Crippen LogP contribution in [0.5, 0.6) is 0 Å². The van der Waals surface area contributed by atoms with Gasteiger partial charge in [-0.05, 0) is 84.6 Å². The van der Waals surface area contributed by atoms with E-state index in [1.165, 1.54) is 11.8 Å². The summed E-state index contributed by atoms with van der Waals surface area (Å²) in [7, 11) is 0. The zero-order valence-electron chi connectivity index (χ0n) is 22.6. The number of aromatic nitrogens is 1. The summed E-state index contributed by atoms with van der Waals surface area (Å²) in [6.07, 6.45) is 3.48. The Hall–Kier alpha value is -4.60. The molecule has 0 saturated heterocycles. The number of carbonyl (C=O) groups excluding carboxylic acids is 3. The maximum Gasteiger partial charge on any atom is 0.272 e. The van der Waals surface area contributed by atoms with E-state index >= 15 is 0 Å². The van der Waals surface area contributed by atoms with Gasteiger partial charge in [0.15, 0.2) is 0 Å². The molecule has 5 aromatic rings. The molecule has 1 atom stereocenters. The maximum atomic E-state index is 13.4. The summed E-state index contributed by atoms with van der Waals surface area (Å²) in [5.41, 5.74) is 3.46. The Morgan fingerprint density at radius 3 is 2.43 bits per heavy atom. The Kier molecular flexibility index (Phi) is 9.21. The van der Waals surface area contributed by atoms with Gasteiger partial charge in [0.2, 0.25) is 5.91 Å². The average molecular weight is 640 g/mol. The predicted octanol–water partition coefficient (Wildman–Crippen LogP) is 7.46. The van der Waals surface area contributed by atoms with E-state index in [4.69, 9.17) is 0 Å². The molecule has 210 valence electrons. The van der Waals surface area contributed by atoms with Crippen LogP contribution in [0.2, 0.25) is 0 Å². The zero-order valence-corrected chi connectivity index (χ0v) is 25.0. The normalized spacial score (nSPS) is 12.0. The first-order valence-electron chi connectivity index (χ1n) is 13.1. The number of halogens is 1. The largest absolute Gasteiger partial charge is 0.361 e. The number of thioether (sulfide) groups is 1. The van der Waals surface area contributed by atoms with Gasteiger partial charge in [0.1, 0.15) is 5.70 Å². The molecular weight excluding hydrogens is 612 g/mol. The van der Waals surface area contributed by atoms with Crippen LogP contribution in [-0.4, -0.2) is 28.0 Å². The number of hydrogen-bond acceptors (Lipinski definition) is 4. The van der Waals surface area contributed by atoms with Gasteiger partial charge in [-0.25, -0.2) is 0 Å². The van der Waals surface area contributed by atoms with Gasteiger partial charge in [0.05, 0.1) is 5.25 Å². The highest BCUT2D eigenvalue weighted by Gasteiger charge is 2.18. The number of hydrogen-bond donors (Lipinski definition) is 4. The number of fused-ring (bicyclic) bond motifs is 1. The van der Waals surface area contributed by atoms with Crippen LogP contribution in [-0.2, 0) is 9.59 Å². The molecule has 0 aliphatic carbocycles. The Balaban J connectivity index is 1.28. The lowest BCUT2D eigenvalue weighted by atomic mass is 10.1.